The second-order valence-corrected chi connectivity index (χ2v) is 7.21. The molecule has 0 aromatic heterocycles. The summed E-state index contributed by atoms with van der Waals surface area (Å²) in [6.07, 6.45) is 1.33. The molecule has 1 aromatic carbocycles. The molecule has 0 atom stereocenters. The number of amides is 1. The van der Waals surface area contributed by atoms with Gasteiger partial charge in [0.2, 0.25) is 15.9 Å². The van der Waals surface area contributed by atoms with E-state index in [0.717, 1.165) is 11.8 Å². The third-order valence-electron chi connectivity index (χ3n) is 3.70. The first kappa shape index (κ1) is 19.4. The van der Waals surface area contributed by atoms with E-state index in [0.29, 0.717) is 18.8 Å². The molecule has 0 aliphatic carbocycles. The molecule has 1 rings (SSSR count). The predicted octanol–water partition coefficient (Wildman–Crippen LogP) is 1.72. The van der Waals surface area contributed by atoms with E-state index in [1.807, 2.05) is 32.0 Å². The summed E-state index contributed by atoms with van der Waals surface area (Å²) in [5, 5.41) is 0. The van der Waals surface area contributed by atoms with Crippen LogP contribution in [0.1, 0.15) is 25.8 Å². The van der Waals surface area contributed by atoms with E-state index in [4.69, 9.17) is 4.74 Å². The van der Waals surface area contributed by atoms with Crippen LogP contribution in [0.15, 0.2) is 24.3 Å². The van der Waals surface area contributed by atoms with Crippen molar-refractivity contribution in [2.75, 3.05) is 33.0 Å². The van der Waals surface area contributed by atoms with Crippen LogP contribution in [0.4, 0.5) is 0 Å². The number of carbonyl (C=O) groups is 1. The Morgan fingerprint density at radius 1 is 1.17 bits per heavy atom. The van der Waals surface area contributed by atoms with Crippen molar-refractivity contribution in [2.24, 2.45) is 0 Å². The second kappa shape index (κ2) is 8.88. The Bertz CT molecular complexity index is 612. The number of hydrogen-bond acceptors (Lipinski definition) is 4. The lowest BCUT2D eigenvalue weighted by atomic mass is 10.2. The van der Waals surface area contributed by atoms with Gasteiger partial charge in [0, 0.05) is 38.2 Å². The molecule has 0 heterocycles. The van der Waals surface area contributed by atoms with Crippen molar-refractivity contribution in [3.8, 4) is 5.75 Å². The summed E-state index contributed by atoms with van der Waals surface area (Å²) in [5.74, 6) is 0.597. The van der Waals surface area contributed by atoms with Crippen molar-refractivity contribution >= 4 is 15.9 Å². The summed E-state index contributed by atoms with van der Waals surface area (Å²) >= 11 is 0. The molecule has 0 saturated carbocycles. The van der Waals surface area contributed by atoms with E-state index in [2.05, 4.69) is 0 Å². The average molecular weight is 342 g/mol. The molecule has 0 spiro atoms. The van der Waals surface area contributed by atoms with Gasteiger partial charge in [-0.1, -0.05) is 18.2 Å². The van der Waals surface area contributed by atoms with Gasteiger partial charge in [0.25, 0.3) is 0 Å². The highest BCUT2D eigenvalue weighted by molar-refractivity contribution is 7.88. The maximum Gasteiger partial charge on any atom is 0.223 e. The van der Waals surface area contributed by atoms with Crippen LogP contribution in [0.3, 0.4) is 0 Å². The minimum atomic E-state index is -3.42. The maximum atomic E-state index is 12.1. The van der Waals surface area contributed by atoms with Crippen LogP contribution in [-0.4, -0.2) is 56.5 Å². The van der Waals surface area contributed by atoms with E-state index >= 15 is 0 Å². The number of benzene rings is 1. The van der Waals surface area contributed by atoms with Crippen LogP contribution in [-0.2, 0) is 21.4 Å². The van der Waals surface area contributed by atoms with Crippen molar-refractivity contribution in [3.05, 3.63) is 29.8 Å². The van der Waals surface area contributed by atoms with Crippen molar-refractivity contribution < 1.29 is 17.9 Å². The minimum Gasteiger partial charge on any atom is -0.496 e. The molecule has 0 N–H and O–H groups in total. The molecule has 1 aromatic rings. The summed E-state index contributed by atoms with van der Waals surface area (Å²) in [6, 6.07) is 7.27. The van der Waals surface area contributed by atoms with Crippen LogP contribution in [0.25, 0.3) is 0 Å². The molecular weight excluding hydrogens is 316 g/mol. The highest BCUT2D eigenvalue weighted by Crippen LogP contribution is 2.20. The molecule has 0 bridgehead atoms. The Kier molecular flexibility index (Phi) is 7.51. The van der Waals surface area contributed by atoms with Gasteiger partial charge in [-0.15, -0.1) is 0 Å². The van der Waals surface area contributed by atoms with Gasteiger partial charge in [0.05, 0.1) is 13.4 Å². The lowest BCUT2D eigenvalue weighted by Crippen LogP contribution is -2.36. The van der Waals surface area contributed by atoms with E-state index in [1.165, 1.54) is 4.31 Å². The van der Waals surface area contributed by atoms with Crippen molar-refractivity contribution in [2.45, 2.75) is 26.8 Å². The van der Waals surface area contributed by atoms with Crippen LogP contribution in [0.5, 0.6) is 5.75 Å². The fraction of sp³-hybridized carbons (Fsp3) is 0.562. The summed E-state index contributed by atoms with van der Waals surface area (Å²) in [5.41, 5.74) is 0.774. The fourth-order valence-electron chi connectivity index (χ4n) is 2.34. The van der Waals surface area contributed by atoms with Crippen molar-refractivity contribution in [3.63, 3.8) is 0 Å². The third kappa shape index (κ3) is 5.84. The Morgan fingerprint density at radius 3 is 2.30 bits per heavy atom. The lowest BCUT2D eigenvalue weighted by molar-refractivity contribution is -0.130. The number of rotatable bonds is 9. The van der Waals surface area contributed by atoms with E-state index in [1.54, 1.807) is 18.1 Å². The zero-order valence-electron chi connectivity index (χ0n) is 14.3. The zero-order chi connectivity index (χ0) is 17.5. The van der Waals surface area contributed by atoms with Gasteiger partial charge in [0.1, 0.15) is 5.75 Å². The van der Waals surface area contributed by atoms with Crippen molar-refractivity contribution in [1.29, 1.82) is 0 Å². The second-order valence-electron chi connectivity index (χ2n) is 5.22. The summed E-state index contributed by atoms with van der Waals surface area (Å²) in [7, 11) is -1.87. The van der Waals surface area contributed by atoms with Gasteiger partial charge in [-0.2, -0.15) is 4.31 Å². The van der Waals surface area contributed by atoms with Gasteiger partial charge < -0.3 is 9.64 Å². The van der Waals surface area contributed by atoms with E-state index in [9.17, 15) is 13.2 Å². The van der Waals surface area contributed by atoms with Crippen LogP contribution < -0.4 is 4.74 Å². The number of carbonyl (C=O) groups excluding carboxylic acids is 1. The molecule has 0 saturated heterocycles. The molecule has 1 amide bonds. The number of nitrogens with zero attached hydrogens (tertiary/aromatic N) is 2. The predicted molar refractivity (Wildman–Crippen MR) is 90.8 cm³/mol. The molecule has 7 heteroatoms. The smallest absolute Gasteiger partial charge is 0.223 e. The fourth-order valence-corrected chi connectivity index (χ4v) is 3.14. The third-order valence-corrected chi connectivity index (χ3v) is 4.95. The Morgan fingerprint density at radius 2 is 1.78 bits per heavy atom. The Hall–Kier alpha value is -1.60. The van der Waals surface area contributed by atoms with Crippen LogP contribution in [0.2, 0.25) is 0 Å². The minimum absolute atomic E-state index is 0.0383. The van der Waals surface area contributed by atoms with Crippen LogP contribution >= 0.6 is 0 Å². The first-order chi connectivity index (χ1) is 10.8. The van der Waals surface area contributed by atoms with Gasteiger partial charge in [-0.05, 0) is 19.9 Å². The Labute approximate surface area is 139 Å². The van der Waals surface area contributed by atoms with E-state index < -0.39 is 10.0 Å². The van der Waals surface area contributed by atoms with Gasteiger partial charge in [-0.3, -0.25) is 4.79 Å². The average Bonchev–Trinajstić information content (AvgIpc) is 2.51. The monoisotopic (exact) mass is 342 g/mol. The largest absolute Gasteiger partial charge is 0.496 e. The molecule has 23 heavy (non-hydrogen) atoms. The number of methoxy groups -OCH3 is 1. The molecular formula is C16H26N2O4S. The quantitative estimate of drug-likeness (QED) is 0.685. The lowest BCUT2D eigenvalue weighted by Gasteiger charge is -2.23. The number of para-hydroxylation sites is 1. The Balaban J connectivity index is 2.84. The van der Waals surface area contributed by atoms with Gasteiger partial charge in [-0.25, -0.2) is 8.42 Å². The van der Waals surface area contributed by atoms with Crippen LogP contribution in [0, 0.1) is 0 Å². The maximum absolute atomic E-state index is 12.1. The molecule has 0 aliphatic rings. The first-order valence-electron chi connectivity index (χ1n) is 7.68. The molecule has 130 valence electrons. The molecule has 0 unspecified atom stereocenters. The van der Waals surface area contributed by atoms with Crippen molar-refractivity contribution in [1.82, 2.24) is 9.21 Å². The van der Waals surface area contributed by atoms with E-state index in [-0.39, 0.29) is 25.4 Å². The topological polar surface area (TPSA) is 66.9 Å². The molecule has 0 radical (unpaired) electrons. The number of sulfonamides is 1. The molecule has 0 aliphatic heterocycles. The number of ether oxygens (including phenoxy) is 1. The SMILES string of the molecule is CCN(CC)C(=O)CCN(Cc1ccccc1OC)S(C)(=O)=O. The summed E-state index contributed by atoms with van der Waals surface area (Å²) in [6.45, 7) is 5.41. The molecule has 0 fully saturated rings. The highest BCUT2D eigenvalue weighted by Gasteiger charge is 2.21. The van der Waals surface area contributed by atoms with Gasteiger partial charge in [0.15, 0.2) is 0 Å². The number of hydrogen-bond donors (Lipinski definition) is 0. The highest BCUT2D eigenvalue weighted by atomic mass is 32.2. The zero-order valence-corrected chi connectivity index (χ0v) is 15.1. The standard InChI is InChI=1S/C16H26N2O4S/c1-5-17(6-2)16(19)11-12-18(23(4,20)21)13-14-9-7-8-10-15(14)22-3/h7-10H,5-6,11-13H2,1-4H3. The van der Waals surface area contributed by atoms with Gasteiger partial charge >= 0.3 is 0 Å². The molecule has 6 nitrogen and oxygen atoms in total. The summed E-state index contributed by atoms with van der Waals surface area (Å²) < 4.78 is 30.6. The normalized spacial score (nSPS) is 11.5. The summed E-state index contributed by atoms with van der Waals surface area (Å²) in [4.78, 5) is 13.8. The first-order valence-corrected chi connectivity index (χ1v) is 9.53.